The van der Waals surface area contributed by atoms with Crippen LogP contribution in [-0.4, -0.2) is 55.0 Å². The molecule has 0 bridgehead atoms. The molecule has 5 nitrogen and oxygen atoms in total. The quantitative estimate of drug-likeness (QED) is 0.745. The van der Waals surface area contributed by atoms with Gasteiger partial charge in [-0.1, -0.05) is 6.42 Å². The van der Waals surface area contributed by atoms with Crippen LogP contribution in [0.2, 0.25) is 0 Å². The lowest BCUT2D eigenvalue weighted by molar-refractivity contribution is -0.134. The fourth-order valence-electron chi connectivity index (χ4n) is 2.74. The molecule has 1 aliphatic heterocycles. The summed E-state index contributed by atoms with van der Waals surface area (Å²) in [5, 5.41) is 0. The number of hydrogen-bond acceptors (Lipinski definition) is 3. The van der Waals surface area contributed by atoms with Gasteiger partial charge in [0.25, 0.3) is 0 Å². The van der Waals surface area contributed by atoms with Crippen molar-refractivity contribution < 1.29 is 13.2 Å². The Labute approximate surface area is 108 Å². The zero-order chi connectivity index (χ0) is 12.8. The molecular weight excluding hydrogens is 252 g/mol. The summed E-state index contributed by atoms with van der Waals surface area (Å²) in [6.45, 7) is 1.12. The van der Waals surface area contributed by atoms with E-state index in [1.54, 1.807) is 0 Å². The van der Waals surface area contributed by atoms with Gasteiger partial charge in [0.1, 0.15) is 0 Å². The van der Waals surface area contributed by atoms with Crippen molar-refractivity contribution >= 4 is 15.9 Å². The van der Waals surface area contributed by atoms with Gasteiger partial charge in [-0.15, -0.1) is 0 Å². The van der Waals surface area contributed by atoms with E-state index in [0.717, 1.165) is 32.1 Å². The van der Waals surface area contributed by atoms with E-state index in [-0.39, 0.29) is 18.2 Å². The normalized spacial score (nSPS) is 27.3. The third kappa shape index (κ3) is 2.40. The van der Waals surface area contributed by atoms with Crippen LogP contribution in [0.5, 0.6) is 0 Å². The minimum atomic E-state index is -3.22. The van der Waals surface area contributed by atoms with Gasteiger partial charge in [-0.2, -0.15) is 4.31 Å². The topological polar surface area (TPSA) is 57.7 Å². The number of carbonyl (C=O) groups is 1. The van der Waals surface area contributed by atoms with E-state index in [2.05, 4.69) is 0 Å². The third-order valence-corrected chi connectivity index (χ3v) is 6.27. The molecule has 2 saturated carbocycles. The first-order valence-corrected chi connectivity index (χ1v) is 8.44. The standard InChI is InChI=1S/C12H20N2O3S/c15-12-8-13(6-7-14(12)11-4-5-11)18(16,17)9-10-2-1-3-10/h10-11H,1-9H2. The fraction of sp³-hybridized carbons (Fsp3) is 0.917. The Morgan fingerprint density at radius 1 is 1.11 bits per heavy atom. The van der Waals surface area contributed by atoms with Crippen LogP contribution < -0.4 is 0 Å². The molecule has 2 aliphatic carbocycles. The minimum absolute atomic E-state index is 0.0130. The molecule has 0 aromatic heterocycles. The Hall–Kier alpha value is -0.620. The zero-order valence-electron chi connectivity index (χ0n) is 10.5. The van der Waals surface area contributed by atoms with Crippen LogP contribution in [0, 0.1) is 5.92 Å². The van der Waals surface area contributed by atoms with Crippen LogP contribution in [0.25, 0.3) is 0 Å². The molecule has 0 unspecified atom stereocenters. The minimum Gasteiger partial charge on any atom is -0.337 e. The van der Waals surface area contributed by atoms with Crippen LogP contribution in [0.4, 0.5) is 0 Å². The number of carbonyl (C=O) groups excluding carboxylic acids is 1. The predicted octanol–water partition coefficient (Wildman–Crippen LogP) is 0.423. The summed E-state index contributed by atoms with van der Waals surface area (Å²) < 4.78 is 25.8. The SMILES string of the molecule is O=C1CN(S(=O)(=O)CC2CCC2)CCN1C1CC1. The largest absolute Gasteiger partial charge is 0.337 e. The Bertz CT molecular complexity index is 440. The summed E-state index contributed by atoms with van der Waals surface area (Å²) in [6, 6.07) is 0.397. The zero-order valence-corrected chi connectivity index (χ0v) is 11.4. The van der Waals surface area contributed by atoms with E-state index >= 15 is 0 Å². The molecule has 0 aromatic carbocycles. The molecule has 3 aliphatic rings. The van der Waals surface area contributed by atoms with E-state index in [4.69, 9.17) is 0 Å². The number of piperazine rings is 1. The lowest BCUT2D eigenvalue weighted by Crippen LogP contribution is -2.53. The van der Waals surface area contributed by atoms with Gasteiger partial charge in [0, 0.05) is 19.1 Å². The highest BCUT2D eigenvalue weighted by atomic mass is 32.2. The van der Waals surface area contributed by atoms with Crippen molar-refractivity contribution in [3.63, 3.8) is 0 Å². The molecule has 102 valence electrons. The van der Waals surface area contributed by atoms with Gasteiger partial charge in [-0.25, -0.2) is 8.42 Å². The Morgan fingerprint density at radius 3 is 2.33 bits per heavy atom. The molecule has 0 N–H and O–H groups in total. The lowest BCUT2D eigenvalue weighted by Gasteiger charge is -2.35. The molecule has 6 heteroatoms. The maximum atomic E-state index is 12.2. The van der Waals surface area contributed by atoms with Crippen molar-refractivity contribution in [2.24, 2.45) is 5.92 Å². The lowest BCUT2D eigenvalue weighted by atomic mass is 9.87. The third-order valence-electron chi connectivity index (χ3n) is 4.27. The molecular formula is C12H20N2O3S. The van der Waals surface area contributed by atoms with Crippen LogP contribution in [0.3, 0.4) is 0 Å². The van der Waals surface area contributed by atoms with E-state index in [9.17, 15) is 13.2 Å². The van der Waals surface area contributed by atoms with Crippen LogP contribution in [0.1, 0.15) is 32.1 Å². The van der Waals surface area contributed by atoms with E-state index in [1.807, 2.05) is 4.90 Å². The predicted molar refractivity (Wildman–Crippen MR) is 67.4 cm³/mol. The van der Waals surface area contributed by atoms with Crippen molar-refractivity contribution in [2.75, 3.05) is 25.4 Å². The van der Waals surface area contributed by atoms with Crippen molar-refractivity contribution in [1.29, 1.82) is 0 Å². The Balaban J connectivity index is 1.61. The average Bonchev–Trinajstić information content (AvgIpc) is 3.07. The number of amides is 1. The van der Waals surface area contributed by atoms with E-state index in [0.29, 0.717) is 25.0 Å². The van der Waals surface area contributed by atoms with Gasteiger partial charge < -0.3 is 4.90 Å². The molecule has 0 atom stereocenters. The number of nitrogens with zero attached hydrogens (tertiary/aromatic N) is 2. The highest BCUT2D eigenvalue weighted by Crippen LogP contribution is 2.30. The fourth-order valence-corrected chi connectivity index (χ4v) is 4.54. The van der Waals surface area contributed by atoms with Gasteiger partial charge in [-0.3, -0.25) is 4.79 Å². The van der Waals surface area contributed by atoms with Crippen molar-refractivity contribution in [3.8, 4) is 0 Å². The molecule has 3 rings (SSSR count). The van der Waals surface area contributed by atoms with Crippen molar-refractivity contribution in [3.05, 3.63) is 0 Å². The average molecular weight is 272 g/mol. The monoisotopic (exact) mass is 272 g/mol. The Morgan fingerprint density at radius 2 is 1.83 bits per heavy atom. The number of sulfonamides is 1. The second kappa shape index (κ2) is 4.49. The summed E-state index contributed by atoms with van der Waals surface area (Å²) in [6.07, 6.45) is 5.36. The highest BCUT2D eigenvalue weighted by molar-refractivity contribution is 7.89. The maximum absolute atomic E-state index is 12.2. The summed E-state index contributed by atoms with van der Waals surface area (Å²) in [5.74, 6) is 0.552. The van der Waals surface area contributed by atoms with Crippen LogP contribution >= 0.6 is 0 Å². The molecule has 1 saturated heterocycles. The van der Waals surface area contributed by atoms with Gasteiger partial charge in [0.05, 0.1) is 12.3 Å². The molecule has 0 spiro atoms. The first-order chi connectivity index (χ1) is 8.56. The maximum Gasteiger partial charge on any atom is 0.238 e. The molecule has 1 heterocycles. The summed E-state index contributed by atoms with van der Waals surface area (Å²) in [5.41, 5.74) is 0. The summed E-state index contributed by atoms with van der Waals surface area (Å²) in [7, 11) is -3.22. The van der Waals surface area contributed by atoms with Gasteiger partial charge in [-0.05, 0) is 31.6 Å². The first kappa shape index (κ1) is 12.4. The second-order valence-corrected chi connectivity index (χ2v) is 7.74. The molecule has 3 fully saturated rings. The van der Waals surface area contributed by atoms with E-state index < -0.39 is 10.0 Å². The second-order valence-electron chi connectivity index (χ2n) is 5.73. The van der Waals surface area contributed by atoms with Crippen molar-refractivity contribution in [2.45, 2.75) is 38.1 Å². The number of hydrogen-bond donors (Lipinski definition) is 0. The van der Waals surface area contributed by atoms with Crippen molar-refractivity contribution in [1.82, 2.24) is 9.21 Å². The van der Waals surface area contributed by atoms with Crippen LogP contribution in [0.15, 0.2) is 0 Å². The number of rotatable bonds is 4. The van der Waals surface area contributed by atoms with Gasteiger partial charge in [0.2, 0.25) is 15.9 Å². The highest BCUT2D eigenvalue weighted by Gasteiger charge is 2.39. The van der Waals surface area contributed by atoms with Gasteiger partial charge in [0.15, 0.2) is 0 Å². The summed E-state index contributed by atoms with van der Waals surface area (Å²) in [4.78, 5) is 13.8. The smallest absolute Gasteiger partial charge is 0.238 e. The first-order valence-electron chi connectivity index (χ1n) is 6.83. The summed E-state index contributed by atoms with van der Waals surface area (Å²) >= 11 is 0. The van der Waals surface area contributed by atoms with E-state index in [1.165, 1.54) is 4.31 Å². The Kier molecular flexibility index (Phi) is 3.10. The van der Waals surface area contributed by atoms with Gasteiger partial charge >= 0.3 is 0 Å². The molecule has 18 heavy (non-hydrogen) atoms. The van der Waals surface area contributed by atoms with Crippen LogP contribution in [-0.2, 0) is 14.8 Å². The molecule has 0 radical (unpaired) electrons. The molecule has 1 amide bonds. The molecule has 0 aromatic rings.